The number of aliphatic hydroxyl groups is 1. The van der Waals surface area contributed by atoms with Crippen LogP contribution in [0.15, 0.2) is 0 Å². The van der Waals surface area contributed by atoms with E-state index >= 15 is 0 Å². The molecule has 0 aliphatic heterocycles. The van der Waals surface area contributed by atoms with Gasteiger partial charge >= 0.3 is 0 Å². The van der Waals surface area contributed by atoms with Gasteiger partial charge in [-0.2, -0.15) is 0 Å². The molecule has 7 heteroatoms. The van der Waals surface area contributed by atoms with Gasteiger partial charge in [-0.15, -0.1) is 0 Å². The summed E-state index contributed by atoms with van der Waals surface area (Å²) >= 11 is 0. The third kappa shape index (κ3) is 6.40. The molecule has 5 fully saturated rings. The van der Waals surface area contributed by atoms with Crippen LogP contribution in [0.5, 0.6) is 0 Å². The van der Waals surface area contributed by atoms with Crippen LogP contribution in [-0.4, -0.2) is 59.5 Å². The van der Waals surface area contributed by atoms with E-state index < -0.39 is 17.2 Å². The van der Waals surface area contributed by atoms with Crippen LogP contribution in [-0.2, 0) is 19.1 Å². The van der Waals surface area contributed by atoms with Crippen molar-refractivity contribution in [3.8, 4) is 0 Å². The van der Waals surface area contributed by atoms with Crippen LogP contribution in [0.1, 0.15) is 98.3 Å². The predicted octanol–water partition coefficient (Wildman–Crippen LogP) is 3.72. The van der Waals surface area contributed by atoms with Crippen LogP contribution < -0.4 is 10.6 Å². The Kier molecular flexibility index (Phi) is 8.49. The SMILES string of the molecule is CC1CCC(OCC(=O)NC23CCC(NC(=O)COC4CCC(C)C(C)C4)(CC2)[C@@H](O)C3)CC1C. The fourth-order valence-corrected chi connectivity index (χ4v) is 6.99. The van der Waals surface area contributed by atoms with Gasteiger partial charge in [0.25, 0.3) is 0 Å². The van der Waals surface area contributed by atoms with Crippen LogP contribution in [0.25, 0.3) is 0 Å². The zero-order valence-corrected chi connectivity index (χ0v) is 22.3. The minimum Gasteiger partial charge on any atom is -0.391 e. The Morgan fingerprint density at radius 2 is 1.23 bits per heavy atom. The van der Waals surface area contributed by atoms with Gasteiger partial charge < -0.3 is 25.2 Å². The smallest absolute Gasteiger partial charge is 0.246 e. The molecule has 3 N–H and O–H groups in total. The van der Waals surface area contributed by atoms with Gasteiger partial charge in [0.05, 0.1) is 23.9 Å². The number of amides is 2. The molecule has 0 aromatic heterocycles. The second kappa shape index (κ2) is 11.1. The van der Waals surface area contributed by atoms with Crippen molar-refractivity contribution in [1.29, 1.82) is 0 Å². The van der Waals surface area contributed by atoms with E-state index in [-0.39, 0.29) is 37.2 Å². The highest BCUT2D eigenvalue weighted by Crippen LogP contribution is 2.47. The molecule has 7 nitrogen and oxygen atoms in total. The molecule has 2 bridgehead atoms. The van der Waals surface area contributed by atoms with Crippen LogP contribution >= 0.6 is 0 Å². The van der Waals surface area contributed by atoms with Crippen LogP contribution in [0.2, 0.25) is 0 Å². The number of aliphatic hydroxyl groups excluding tert-OH is 1. The molecule has 5 aliphatic rings. The molecule has 6 unspecified atom stereocenters. The molecule has 5 saturated carbocycles. The quantitative estimate of drug-likeness (QED) is 0.480. The van der Waals surface area contributed by atoms with Gasteiger partial charge in [-0.1, -0.05) is 27.7 Å². The number of nitrogens with one attached hydrogen (secondary N) is 2. The average molecular weight is 493 g/mol. The zero-order chi connectivity index (χ0) is 25.2. The van der Waals surface area contributed by atoms with Crippen LogP contribution in [0.4, 0.5) is 0 Å². The summed E-state index contributed by atoms with van der Waals surface area (Å²) in [6, 6.07) is 0. The van der Waals surface area contributed by atoms with Gasteiger partial charge in [0.2, 0.25) is 11.8 Å². The minimum atomic E-state index is -0.675. The van der Waals surface area contributed by atoms with E-state index in [1.165, 1.54) is 0 Å². The lowest BCUT2D eigenvalue weighted by Gasteiger charge is -2.56. The predicted molar refractivity (Wildman–Crippen MR) is 135 cm³/mol. The van der Waals surface area contributed by atoms with Crippen LogP contribution in [0, 0.1) is 23.7 Å². The van der Waals surface area contributed by atoms with Gasteiger partial charge in [0.1, 0.15) is 13.2 Å². The Hall–Kier alpha value is -1.18. The van der Waals surface area contributed by atoms with Crippen molar-refractivity contribution in [2.24, 2.45) is 23.7 Å². The number of hydrogen-bond donors (Lipinski definition) is 3. The number of carbonyl (C=O) groups excluding carboxylic acids is 2. The number of rotatable bonds is 8. The van der Waals surface area contributed by atoms with Crippen molar-refractivity contribution >= 4 is 11.8 Å². The summed E-state index contributed by atoms with van der Waals surface area (Å²) in [6.45, 7) is 9.23. The van der Waals surface area contributed by atoms with Crippen molar-refractivity contribution in [2.45, 2.75) is 128 Å². The minimum absolute atomic E-state index is 0.0536. The Morgan fingerprint density at radius 3 is 1.69 bits per heavy atom. The highest BCUT2D eigenvalue weighted by atomic mass is 16.5. The van der Waals surface area contributed by atoms with Gasteiger partial charge in [-0.05, 0) is 94.3 Å². The summed E-state index contributed by atoms with van der Waals surface area (Å²) < 4.78 is 11.9. The highest BCUT2D eigenvalue weighted by molar-refractivity contribution is 5.79. The first-order chi connectivity index (χ1) is 16.6. The van der Waals surface area contributed by atoms with Crippen molar-refractivity contribution in [3.05, 3.63) is 0 Å². The van der Waals surface area contributed by atoms with Gasteiger partial charge in [-0.25, -0.2) is 0 Å². The maximum absolute atomic E-state index is 12.7. The molecule has 5 aliphatic carbocycles. The monoisotopic (exact) mass is 492 g/mol. The molecule has 200 valence electrons. The molecular formula is C28H48N2O5. The normalized spacial score (nSPS) is 43.5. The molecule has 0 heterocycles. The molecule has 0 aromatic rings. The molecule has 7 atom stereocenters. The van der Waals surface area contributed by atoms with Crippen molar-refractivity contribution in [1.82, 2.24) is 10.6 Å². The van der Waals surface area contributed by atoms with Crippen LogP contribution in [0.3, 0.4) is 0 Å². The van der Waals surface area contributed by atoms with Gasteiger partial charge in [0.15, 0.2) is 0 Å². The van der Waals surface area contributed by atoms with Gasteiger partial charge in [-0.3, -0.25) is 9.59 Å². The largest absolute Gasteiger partial charge is 0.391 e. The van der Waals surface area contributed by atoms with E-state index in [9.17, 15) is 14.7 Å². The highest BCUT2D eigenvalue weighted by Gasteiger charge is 2.55. The topological polar surface area (TPSA) is 96.9 Å². The summed E-state index contributed by atoms with van der Waals surface area (Å²) in [5, 5.41) is 17.3. The lowest BCUT2D eigenvalue weighted by Crippen LogP contribution is -2.70. The van der Waals surface area contributed by atoms with Crippen molar-refractivity contribution in [3.63, 3.8) is 0 Å². The van der Waals surface area contributed by atoms with Crippen molar-refractivity contribution < 1.29 is 24.2 Å². The molecule has 0 spiro atoms. The molecule has 0 aromatic carbocycles. The second-order valence-corrected chi connectivity index (χ2v) is 12.7. The Labute approximate surface area is 211 Å². The third-order valence-corrected chi connectivity index (χ3v) is 10.1. The lowest BCUT2D eigenvalue weighted by atomic mass is 9.60. The molecule has 0 saturated heterocycles. The molecule has 2 amide bonds. The fourth-order valence-electron chi connectivity index (χ4n) is 6.99. The van der Waals surface area contributed by atoms with E-state index in [1.54, 1.807) is 0 Å². The first-order valence-corrected chi connectivity index (χ1v) is 14.1. The van der Waals surface area contributed by atoms with Crippen molar-refractivity contribution in [2.75, 3.05) is 13.2 Å². The Bertz CT molecular complexity index is 750. The molecular weight excluding hydrogens is 444 g/mol. The fraction of sp³-hybridized carbons (Fsp3) is 0.929. The summed E-state index contributed by atoms with van der Waals surface area (Å²) in [6.07, 6.45) is 9.31. The van der Waals surface area contributed by atoms with E-state index in [0.717, 1.165) is 57.3 Å². The Morgan fingerprint density at radius 1 is 0.743 bits per heavy atom. The molecule has 35 heavy (non-hydrogen) atoms. The first-order valence-electron chi connectivity index (χ1n) is 14.1. The summed E-state index contributed by atoms with van der Waals surface area (Å²) in [5.74, 6) is 2.46. The van der Waals surface area contributed by atoms with Gasteiger partial charge in [0, 0.05) is 5.54 Å². The molecule has 0 radical (unpaired) electrons. The number of ether oxygens (including phenoxy) is 2. The first kappa shape index (κ1) is 26.9. The van der Waals surface area contributed by atoms with E-state index in [2.05, 4.69) is 38.3 Å². The Balaban J connectivity index is 1.20. The second-order valence-electron chi connectivity index (χ2n) is 12.7. The maximum atomic E-state index is 12.7. The zero-order valence-electron chi connectivity index (χ0n) is 22.3. The standard InChI is InChI=1S/C28H48N2O5/c1-18-5-7-22(13-20(18)3)34-16-25(32)29-27-9-11-28(12-10-27,24(31)15-27)30-26(33)17-35-23-8-6-19(2)21(4)14-23/h18-24,31H,5-17H2,1-4H3,(H,29,32)(H,30,33)/t18?,19?,20?,21?,22?,23?,24-,27?,28?/m0/s1. The summed E-state index contributed by atoms with van der Waals surface area (Å²) in [5.41, 5.74) is -1.00. The summed E-state index contributed by atoms with van der Waals surface area (Å²) in [7, 11) is 0. The summed E-state index contributed by atoms with van der Waals surface area (Å²) in [4.78, 5) is 25.4. The number of fused-ring (bicyclic) bond motifs is 3. The third-order valence-electron chi connectivity index (χ3n) is 10.1. The maximum Gasteiger partial charge on any atom is 0.246 e. The average Bonchev–Trinajstić information content (AvgIpc) is 2.82. The molecule has 5 rings (SSSR count). The number of hydrogen-bond acceptors (Lipinski definition) is 5. The van der Waals surface area contributed by atoms with E-state index in [1.807, 2.05) is 0 Å². The van der Waals surface area contributed by atoms with E-state index in [4.69, 9.17) is 9.47 Å². The number of carbonyl (C=O) groups is 2. The van der Waals surface area contributed by atoms with E-state index in [0.29, 0.717) is 37.0 Å². The lowest BCUT2D eigenvalue weighted by molar-refractivity contribution is -0.142.